The van der Waals surface area contributed by atoms with Crippen LogP contribution >= 0.6 is 0 Å². The molecule has 0 spiro atoms. The Morgan fingerprint density at radius 1 is 0.469 bits per heavy atom. The zero-order valence-electron chi connectivity index (χ0n) is 27.7. The number of anilines is 3. The maximum Gasteiger partial charge on any atom is 0.143 e. The van der Waals surface area contributed by atoms with E-state index in [4.69, 9.17) is 4.42 Å². The standard InChI is InChI=1S/C47H35NO/c1-3-47(4-2)42-17-9-7-14-36(42)37-25-23-33(29-43(37)47)48(32-22-24-35-31(28-32)21-20-30-12-5-6-13-34(30)35)44-18-11-16-40-38(44)26-27-41-39-15-8-10-19-45(39)49-46(40)41/h5-29H,3-4H2,1-2H3. The number of hydrogen-bond acceptors (Lipinski definition) is 2. The molecule has 9 aromatic rings. The first-order valence-corrected chi connectivity index (χ1v) is 17.5. The number of nitrogens with zero attached hydrogens (tertiary/aromatic N) is 1. The normalized spacial score (nSPS) is 13.4. The average molecular weight is 630 g/mol. The van der Waals surface area contributed by atoms with Gasteiger partial charge in [-0.3, -0.25) is 0 Å². The number of rotatable bonds is 5. The molecule has 0 aliphatic heterocycles. The smallest absolute Gasteiger partial charge is 0.143 e. The highest BCUT2D eigenvalue weighted by Gasteiger charge is 2.40. The van der Waals surface area contributed by atoms with Crippen LogP contribution < -0.4 is 4.90 Å². The van der Waals surface area contributed by atoms with Crippen molar-refractivity contribution >= 4 is 71.3 Å². The Hall–Kier alpha value is -5.86. The van der Waals surface area contributed by atoms with Gasteiger partial charge in [0.25, 0.3) is 0 Å². The quantitative estimate of drug-likeness (QED) is 0.176. The maximum absolute atomic E-state index is 6.54. The summed E-state index contributed by atoms with van der Waals surface area (Å²) in [6, 6.07) is 55.8. The molecular formula is C47H35NO. The molecule has 0 saturated heterocycles. The van der Waals surface area contributed by atoms with Crippen molar-refractivity contribution in [3.8, 4) is 11.1 Å². The van der Waals surface area contributed by atoms with Gasteiger partial charge in [0, 0.05) is 38.3 Å². The lowest BCUT2D eigenvalue weighted by atomic mass is 9.74. The van der Waals surface area contributed by atoms with Crippen LogP contribution in [0.25, 0.3) is 65.4 Å². The first-order chi connectivity index (χ1) is 24.2. The van der Waals surface area contributed by atoms with Gasteiger partial charge in [-0.2, -0.15) is 0 Å². The summed E-state index contributed by atoms with van der Waals surface area (Å²) in [6.45, 7) is 4.69. The molecule has 1 aliphatic carbocycles. The summed E-state index contributed by atoms with van der Waals surface area (Å²) in [4.78, 5) is 2.46. The van der Waals surface area contributed by atoms with Gasteiger partial charge in [0.1, 0.15) is 11.2 Å². The molecule has 0 amide bonds. The molecule has 2 heteroatoms. The Bertz CT molecular complexity index is 2760. The van der Waals surface area contributed by atoms with Crippen LogP contribution in [0.5, 0.6) is 0 Å². The third-order valence-corrected chi connectivity index (χ3v) is 11.3. The van der Waals surface area contributed by atoms with Gasteiger partial charge in [0.15, 0.2) is 0 Å². The van der Waals surface area contributed by atoms with Crippen molar-refractivity contribution in [1.82, 2.24) is 0 Å². The van der Waals surface area contributed by atoms with Gasteiger partial charge >= 0.3 is 0 Å². The van der Waals surface area contributed by atoms with Crippen molar-refractivity contribution in [2.24, 2.45) is 0 Å². The van der Waals surface area contributed by atoms with Crippen molar-refractivity contribution in [1.29, 1.82) is 0 Å². The molecule has 2 nitrogen and oxygen atoms in total. The number of fused-ring (bicyclic) bond motifs is 11. The molecule has 10 rings (SSSR count). The lowest BCUT2D eigenvalue weighted by Gasteiger charge is -2.32. The molecular weight excluding hydrogens is 595 g/mol. The first kappa shape index (κ1) is 28.2. The third-order valence-electron chi connectivity index (χ3n) is 11.3. The molecule has 1 heterocycles. The molecule has 0 N–H and O–H groups in total. The minimum atomic E-state index is -0.0187. The zero-order valence-corrected chi connectivity index (χ0v) is 27.7. The fourth-order valence-electron chi connectivity index (χ4n) is 8.88. The predicted octanol–water partition coefficient (Wildman–Crippen LogP) is 13.6. The maximum atomic E-state index is 6.54. The molecule has 0 bridgehead atoms. The fraction of sp³-hybridized carbons (Fsp3) is 0.106. The van der Waals surface area contributed by atoms with Gasteiger partial charge in [0.05, 0.1) is 5.69 Å². The third kappa shape index (κ3) is 3.95. The van der Waals surface area contributed by atoms with Crippen LogP contribution in [-0.2, 0) is 5.41 Å². The van der Waals surface area contributed by atoms with E-state index in [2.05, 4.69) is 164 Å². The molecule has 0 atom stereocenters. The summed E-state index contributed by atoms with van der Waals surface area (Å²) >= 11 is 0. The van der Waals surface area contributed by atoms with E-state index in [9.17, 15) is 0 Å². The Balaban J connectivity index is 1.25. The minimum absolute atomic E-state index is 0.0187. The number of hydrogen-bond donors (Lipinski definition) is 0. The van der Waals surface area contributed by atoms with E-state index in [1.54, 1.807) is 0 Å². The van der Waals surface area contributed by atoms with Gasteiger partial charge in [0.2, 0.25) is 0 Å². The number of para-hydroxylation sites is 1. The van der Waals surface area contributed by atoms with E-state index in [1.165, 1.54) is 43.8 Å². The molecule has 0 unspecified atom stereocenters. The van der Waals surface area contributed by atoms with Crippen molar-refractivity contribution in [3.05, 3.63) is 163 Å². The monoisotopic (exact) mass is 629 g/mol. The highest BCUT2D eigenvalue weighted by Crippen LogP contribution is 2.54. The van der Waals surface area contributed by atoms with Crippen molar-refractivity contribution < 1.29 is 4.42 Å². The molecule has 8 aromatic carbocycles. The van der Waals surface area contributed by atoms with Crippen molar-refractivity contribution in [2.45, 2.75) is 32.1 Å². The Labute approximate surface area is 285 Å². The molecule has 1 aliphatic rings. The SMILES string of the molecule is CCC1(CC)c2ccccc2-c2ccc(N(c3ccc4c(ccc5ccccc54)c3)c3cccc4c3ccc3c5ccccc5oc43)cc21. The van der Waals surface area contributed by atoms with Crippen LogP contribution in [0, 0.1) is 0 Å². The second kappa shape index (κ2) is 10.6. The van der Waals surface area contributed by atoms with E-state index in [0.717, 1.165) is 62.6 Å². The van der Waals surface area contributed by atoms with Gasteiger partial charge in [-0.1, -0.05) is 123 Å². The van der Waals surface area contributed by atoms with Crippen LogP contribution in [0.3, 0.4) is 0 Å². The van der Waals surface area contributed by atoms with Gasteiger partial charge < -0.3 is 9.32 Å². The molecule has 1 aromatic heterocycles. The van der Waals surface area contributed by atoms with E-state index >= 15 is 0 Å². The van der Waals surface area contributed by atoms with E-state index in [-0.39, 0.29) is 5.41 Å². The zero-order chi connectivity index (χ0) is 32.7. The van der Waals surface area contributed by atoms with Gasteiger partial charge in [-0.25, -0.2) is 0 Å². The predicted molar refractivity (Wildman–Crippen MR) is 208 cm³/mol. The van der Waals surface area contributed by atoms with Crippen LogP contribution in [0.15, 0.2) is 156 Å². The Morgan fingerprint density at radius 2 is 1.10 bits per heavy atom. The van der Waals surface area contributed by atoms with Crippen molar-refractivity contribution in [3.63, 3.8) is 0 Å². The summed E-state index contributed by atoms with van der Waals surface area (Å²) in [6.07, 6.45) is 2.11. The topological polar surface area (TPSA) is 16.4 Å². The Kier molecular flexibility index (Phi) is 6.08. The number of furan rings is 1. The highest BCUT2D eigenvalue weighted by atomic mass is 16.3. The van der Waals surface area contributed by atoms with Crippen LogP contribution in [-0.4, -0.2) is 0 Å². The van der Waals surface area contributed by atoms with E-state index in [0.29, 0.717) is 0 Å². The van der Waals surface area contributed by atoms with Gasteiger partial charge in [-0.15, -0.1) is 0 Å². The fourth-order valence-corrected chi connectivity index (χ4v) is 8.88. The lowest BCUT2D eigenvalue weighted by Crippen LogP contribution is -2.23. The summed E-state index contributed by atoms with van der Waals surface area (Å²) in [7, 11) is 0. The summed E-state index contributed by atoms with van der Waals surface area (Å²) < 4.78 is 6.54. The average Bonchev–Trinajstić information content (AvgIpc) is 3.68. The molecule has 0 saturated carbocycles. The molecule has 0 fully saturated rings. The van der Waals surface area contributed by atoms with Crippen molar-refractivity contribution in [2.75, 3.05) is 4.90 Å². The van der Waals surface area contributed by atoms with Crippen LogP contribution in [0.2, 0.25) is 0 Å². The van der Waals surface area contributed by atoms with Gasteiger partial charge in [-0.05, 0) is 99.1 Å². The second-order valence-corrected chi connectivity index (χ2v) is 13.5. The summed E-state index contributed by atoms with van der Waals surface area (Å²) in [5.41, 5.74) is 10.9. The second-order valence-electron chi connectivity index (χ2n) is 13.5. The molecule has 49 heavy (non-hydrogen) atoms. The highest BCUT2D eigenvalue weighted by molar-refractivity contribution is 6.18. The molecule has 234 valence electrons. The van der Waals surface area contributed by atoms with E-state index in [1.807, 2.05) is 6.07 Å². The Morgan fingerprint density at radius 3 is 2.00 bits per heavy atom. The van der Waals surface area contributed by atoms with Crippen LogP contribution in [0.4, 0.5) is 17.1 Å². The van der Waals surface area contributed by atoms with E-state index < -0.39 is 0 Å². The molecule has 0 radical (unpaired) electrons. The van der Waals surface area contributed by atoms with Crippen LogP contribution in [0.1, 0.15) is 37.8 Å². The number of benzene rings is 8. The lowest BCUT2D eigenvalue weighted by molar-refractivity contribution is 0.490. The summed E-state index contributed by atoms with van der Waals surface area (Å²) in [5, 5.41) is 9.61. The minimum Gasteiger partial charge on any atom is -0.455 e. The summed E-state index contributed by atoms with van der Waals surface area (Å²) in [5.74, 6) is 0. The largest absolute Gasteiger partial charge is 0.455 e. The first-order valence-electron chi connectivity index (χ1n) is 17.5.